The first-order valence-electron chi connectivity index (χ1n) is 5.33. The molecule has 0 aromatic rings. The van der Waals surface area contributed by atoms with Crippen LogP contribution in [0.3, 0.4) is 0 Å². The maximum atomic E-state index is 4.37. The third-order valence-electron chi connectivity index (χ3n) is 2.02. The first-order chi connectivity index (χ1) is 7.33. The van der Waals surface area contributed by atoms with E-state index < -0.39 is 0 Å². The molecule has 3 nitrogen and oxygen atoms in total. The molecule has 0 fully saturated rings. The van der Waals surface area contributed by atoms with E-state index >= 15 is 0 Å². The van der Waals surface area contributed by atoms with Gasteiger partial charge in [-0.25, -0.2) is 0 Å². The molecule has 0 bridgehead atoms. The number of nitrogens with zero attached hydrogens (tertiary/aromatic N) is 1. The number of likely N-dealkylation sites (N-methyl/N-ethyl adjacent to an activating group) is 1. The van der Waals surface area contributed by atoms with Gasteiger partial charge < -0.3 is 10.6 Å². The lowest BCUT2D eigenvalue weighted by Gasteiger charge is -2.03. The molecule has 0 spiro atoms. The molecule has 3 heteroatoms. The van der Waals surface area contributed by atoms with E-state index in [1.807, 2.05) is 25.4 Å². The molecule has 1 aliphatic rings. The van der Waals surface area contributed by atoms with Crippen LogP contribution in [0.25, 0.3) is 0 Å². The van der Waals surface area contributed by atoms with Crippen molar-refractivity contribution < 1.29 is 0 Å². The average Bonchev–Trinajstić information content (AvgIpc) is 2.26. The largest absolute Gasteiger partial charge is 0.387 e. The van der Waals surface area contributed by atoms with Crippen LogP contribution in [0.2, 0.25) is 0 Å². The number of rotatable bonds is 3. The molecule has 1 rings (SSSR count). The van der Waals surface area contributed by atoms with Gasteiger partial charge in [0.1, 0.15) is 0 Å². The molecule has 2 N–H and O–H groups in total. The molecule has 0 unspecified atom stereocenters. The van der Waals surface area contributed by atoms with Gasteiger partial charge in [-0.05, 0) is 37.4 Å². The molecule has 1 aliphatic heterocycles. The third kappa shape index (κ3) is 5.18. The lowest BCUT2D eigenvalue weighted by molar-refractivity contribution is 0.782. The predicted molar refractivity (Wildman–Crippen MR) is 66.0 cm³/mol. The van der Waals surface area contributed by atoms with Gasteiger partial charge in [-0.3, -0.25) is 4.99 Å². The Morgan fingerprint density at radius 2 is 2.33 bits per heavy atom. The lowest BCUT2D eigenvalue weighted by atomic mass is 10.2. The first-order valence-corrected chi connectivity index (χ1v) is 5.33. The summed E-state index contributed by atoms with van der Waals surface area (Å²) < 4.78 is 0. The quantitative estimate of drug-likeness (QED) is 0.734. The van der Waals surface area contributed by atoms with E-state index in [0.29, 0.717) is 0 Å². The van der Waals surface area contributed by atoms with E-state index in [1.165, 1.54) is 5.57 Å². The molecule has 0 amide bonds. The van der Waals surface area contributed by atoms with Gasteiger partial charge >= 0.3 is 0 Å². The topological polar surface area (TPSA) is 36.4 Å². The summed E-state index contributed by atoms with van der Waals surface area (Å²) in [7, 11) is 0. The highest BCUT2D eigenvalue weighted by Crippen LogP contribution is 1.97. The average molecular weight is 205 g/mol. The van der Waals surface area contributed by atoms with Crippen LogP contribution in [-0.2, 0) is 0 Å². The van der Waals surface area contributed by atoms with Crippen LogP contribution in [-0.4, -0.2) is 25.3 Å². The Hall–Kier alpha value is -1.35. The molecule has 82 valence electrons. The second-order valence-electron chi connectivity index (χ2n) is 3.40. The van der Waals surface area contributed by atoms with Crippen molar-refractivity contribution in [2.24, 2.45) is 4.99 Å². The van der Waals surface area contributed by atoms with Crippen LogP contribution in [0.4, 0.5) is 0 Å². The smallest absolute Gasteiger partial charge is 0.0370 e. The van der Waals surface area contributed by atoms with Crippen LogP contribution >= 0.6 is 0 Å². The Kier molecular flexibility index (Phi) is 5.48. The van der Waals surface area contributed by atoms with Gasteiger partial charge in [-0.15, -0.1) is 0 Å². The highest BCUT2D eigenvalue weighted by atomic mass is 14.9. The van der Waals surface area contributed by atoms with Crippen molar-refractivity contribution in [2.45, 2.75) is 13.8 Å². The van der Waals surface area contributed by atoms with Crippen molar-refractivity contribution in [3.8, 4) is 0 Å². The Bertz CT molecular complexity index is 298. The summed E-state index contributed by atoms with van der Waals surface area (Å²) in [6.45, 7) is 6.78. The lowest BCUT2D eigenvalue weighted by Crippen LogP contribution is -2.16. The first kappa shape index (κ1) is 11.7. The van der Waals surface area contributed by atoms with Crippen LogP contribution in [0.1, 0.15) is 13.8 Å². The van der Waals surface area contributed by atoms with Crippen LogP contribution < -0.4 is 10.6 Å². The van der Waals surface area contributed by atoms with Gasteiger partial charge in [0.05, 0.1) is 0 Å². The van der Waals surface area contributed by atoms with Crippen LogP contribution in [0.5, 0.6) is 0 Å². The highest BCUT2D eigenvalue weighted by molar-refractivity contribution is 5.93. The van der Waals surface area contributed by atoms with Gasteiger partial charge in [0.2, 0.25) is 0 Å². The molecule has 0 atom stereocenters. The second kappa shape index (κ2) is 7.01. The summed E-state index contributed by atoms with van der Waals surface area (Å²) in [5.41, 5.74) is 2.21. The molecule has 0 aromatic heterocycles. The number of nitrogens with one attached hydrogen (secondary N) is 2. The summed E-state index contributed by atoms with van der Waals surface area (Å²) in [5, 5.41) is 6.47. The van der Waals surface area contributed by atoms with Crippen LogP contribution in [0.15, 0.2) is 41.2 Å². The highest BCUT2D eigenvalue weighted by Gasteiger charge is 1.92. The summed E-state index contributed by atoms with van der Waals surface area (Å²) in [6, 6.07) is 0. The van der Waals surface area contributed by atoms with Crippen molar-refractivity contribution in [3.05, 3.63) is 36.2 Å². The fourth-order valence-electron chi connectivity index (χ4n) is 1.18. The van der Waals surface area contributed by atoms with Gasteiger partial charge in [0, 0.05) is 25.0 Å². The number of allylic oxidation sites excluding steroid dienone is 1. The zero-order valence-corrected chi connectivity index (χ0v) is 9.46. The molecule has 0 saturated carbocycles. The van der Waals surface area contributed by atoms with Crippen molar-refractivity contribution in [1.82, 2.24) is 10.6 Å². The molecule has 0 aromatic carbocycles. The minimum Gasteiger partial charge on any atom is -0.387 e. The van der Waals surface area contributed by atoms with Crippen molar-refractivity contribution in [1.29, 1.82) is 0 Å². The van der Waals surface area contributed by atoms with E-state index in [2.05, 4.69) is 34.7 Å². The monoisotopic (exact) mass is 205 g/mol. The molecule has 0 aliphatic carbocycles. The molecule has 1 heterocycles. The minimum absolute atomic E-state index is 0.845. The zero-order valence-electron chi connectivity index (χ0n) is 9.46. The summed E-state index contributed by atoms with van der Waals surface area (Å²) in [6.07, 6.45) is 10.0. The van der Waals surface area contributed by atoms with E-state index in [0.717, 1.165) is 25.3 Å². The normalized spacial score (nSPS) is 27.9. The zero-order chi connectivity index (χ0) is 10.9. The maximum Gasteiger partial charge on any atom is 0.0370 e. The Morgan fingerprint density at radius 1 is 1.47 bits per heavy atom. The minimum atomic E-state index is 0.845. The van der Waals surface area contributed by atoms with Crippen molar-refractivity contribution in [2.75, 3.05) is 19.6 Å². The van der Waals surface area contributed by atoms with Gasteiger partial charge in [0.15, 0.2) is 0 Å². The number of aliphatic imine (C=N–C) groups is 1. The fourth-order valence-corrected chi connectivity index (χ4v) is 1.18. The SMILES string of the molecule is CCNCC1=C/N=C(C)/C=C\CN\C=C\1. The van der Waals surface area contributed by atoms with Gasteiger partial charge in [-0.1, -0.05) is 13.0 Å². The molecule has 0 radical (unpaired) electrons. The maximum absolute atomic E-state index is 4.37. The third-order valence-corrected chi connectivity index (χ3v) is 2.02. The molecule has 15 heavy (non-hydrogen) atoms. The van der Waals surface area contributed by atoms with Crippen LogP contribution in [0, 0.1) is 0 Å². The second-order valence-corrected chi connectivity index (χ2v) is 3.40. The summed E-state index contributed by atoms with van der Waals surface area (Å²) in [4.78, 5) is 4.37. The Balaban J connectivity index is 2.70. The summed E-state index contributed by atoms with van der Waals surface area (Å²) >= 11 is 0. The van der Waals surface area contributed by atoms with E-state index in [4.69, 9.17) is 0 Å². The summed E-state index contributed by atoms with van der Waals surface area (Å²) in [5.74, 6) is 0. The van der Waals surface area contributed by atoms with Crippen molar-refractivity contribution in [3.63, 3.8) is 0 Å². The number of hydrogen-bond donors (Lipinski definition) is 2. The number of hydrogen-bond acceptors (Lipinski definition) is 3. The van der Waals surface area contributed by atoms with E-state index in [1.54, 1.807) is 0 Å². The Labute approximate surface area is 91.7 Å². The molecular formula is C12H19N3. The van der Waals surface area contributed by atoms with Crippen molar-refractivity contribution >= 4 is 5.71 Å². The van der Waals surface area contributed by atoms with E-state index in [9.17, 15) is 0 Å². The predicted octanol–water partition coefficient (Wildman–Crippen LogP) is 1.61. The van der Waals surface area contributed by atoms with Gasteiger partial charge in [0.25, 0.3) is 0 Å². The molecule has 0 saturated heterocycles. The Morgan fingerprint density at radius 3 is 3.13 bits per heavy atom. The fraction of sp³-hybridized carbons (Fsp3) is 0.417. The molecular weight excluding hydrogens is 186 g/mol. The van der Waals surface area contributed by atoms with E-state index in [-0.39, 0.29) is 0 Å². The standard InChI is InChI=1S/C12H19N3/c1-3-13-9-12-6-8-14-7-4-5-11(2)15-10-12/h4-6,8,10,13-14H,3,7,9H2,1-2H3/b5-4-,8-6+,12-10+,15-11+. The van der Waals surface area contributed by atoms with Gasteiger partial charge in [-0.2, -0.15) is 0 Å².